The molecule has 9 heteroatoms. The van der Waals surface area contributed by atoms with Gasteiger partial charge in [-0.25, -0.2) is 4.98 Å². The van der Waals surface area contributed by atoms with Crippen molar-refractivity contribution in [1.29, 1.82) is 0 Å². The van der Waals surface area contributed by atoms with Gasteiger partial charge in [-0.05, 0) is 24.3 Å². The first kappa shape index (κ1) is 22.4. The Morgan fingerprint density at radius 1 is 1.15 bits per heavy atom. The number of ether oxygens (including phenoxy) is 2. The van der Waals surface area contributed by atoms with Gasteiger partial charge in [0.15, 0.2) is 5.13 Å². The van der Waals surface area contributed by atoms with Gasteiger partial charge in [0.1, 0.15) is 5.75 Å². The number of methoxy groups -OCH3 is 1. The van der Waals surface area contributed by atoms with E-state index in [1.54, 1.807) is 23.3 Å². The van der Waals surface area contributed by atoms with Crippen molar-refractivity contribution >= 4 is 39.7 Å². The maximum absolute atomic E-state index is 12.9. The molecule has 34 heavy (non-hydrogen) atoms. The summed E-state index contributed by atoms with van der Waals surface area (Å²) in [6.07, 6.45) is 0.172. The van der Waals surface area contributed by atoms with E-state index in [0.29, 0.717) is 23.7 Å². The summed E-state index contributed by atoms with van der Waals surface area (Å²) in [4.78, 5) is 34.1. The highest BCUT2D eigenvalue weighted by molar-refractivity contribution is 7.14. The molecule has 0 spiro atoms. The van der Waals surface area contributed by atoms with Crippen LogP contribution in [-0.2, 0) is 14.3 Å². The second kappa shape index (κ2) is 9.82. The monoisotopic (exact) mass is 478 g/mol. The minimum atomic E-state index is -0.424. The molecule has 0 radical (unpaired) electrons. The fourth-order valence-electron chi connectivity index (χ4n) is 4.23. The predicted molar refractivity (Wildman–Crippen MR) is 133 cm³/mol. The van der Waals surface area contributed by atoms with Crippen molar-refractivity contribution in [3.63, 3.8) is 0 Å². The molecule has 1 atom stereocenters. The van der Waals surface area contributed by atoms with E-state index < -0.39 is 5.92 Å². The number of carbonyl (C=O) groups is 2. The predicted octanol–water partition coefficient (Wildman–Crippen LogP) is 3.65. The molecule has 8 nitrogen and oxygen atoms in total. The zero-order valence-corrected chi connectivity index (χ0v) is 19.7. The summed E-state index contributed by atoms with van der Waals surface area (Å²) in [5.74, 6) is -0.0561. The van der Waals surface area contributed by atoms with E-state index in [-0.39, 0.29) is 18.2 Å². The number of morpholine rings is 1. The fraction of sp³-hybridized carbons (Fsp3) is 0.320. The van der Waals surface area contributed by atoms with Crippen molar-refractivity contribution < 1.29 is 19.1 Å². The molecule has 3 aromatic rings. The Balaban J connectivity index is 1.22. The van der Waals surface area contributed by atoms with Crippen LogP contribution >= 0.6 is 11.3 Å². The Morgan fingerprint density at radius 2 is 1.91 bits per heavy atom. The average Bonchev–Trinajstić information content (AvgIpc) is 3.52. The number of benzene rings is 2. The molecule has 2 aliphatic rings. The molecule has 0 saturated carbocycles. The second-order valence-electron chi connectivity index (χ2n) is 8.26. The standard InChI is InChI=1S/C25H26N4O4S/c1-32-22-5-3-2-4-21(22)29-15-18(14-23(29)30)24(31)26-19-8-6-17(7-9-19)20-16-34-25(27-20)28-10-12-33-13-11-28/h2-9,16,18H,10-15H2,1H3,(H,26,31). The molecule has 2 aromatic carbocycles. The van der Waals surface area contributed by atoms with Crippen molar-refractivity contribution in [3.05, 3.63) is 53.9 Å². The van der Waals surface area contributed by atoms with Crippen molar-refractivity contribution in [2.75, 3.05) is 55.1 Å². The molecule has 3 heterocycles. The van der Waals surface area contributed by atoms with Gasteiger partial charge in [-0.2, -0.15) is 0 Å². The van der Waals surface area contributed by atoms with Crippen molar-refractivity contribution in [2.24, 2.45) is 5.92 Å². The van der Waals surface area contributed by atoms with Crippen LogP contribution in [0.15, 0.2) is 53.9 Å². The van der Waals surface area contributed by atoms with Crippen LogP contribution in [0.2, 0.25) is 0 Å². The Kier molecular flexibility index (Phi) is 6.46. The Hall–Kier alpha value is -3.43. The first-order chi connectivity index (χ1) is 16.6. The number of rotatable bonds is 6. The van der Waals surface area contributed by atoms with Crippen LogP contribution in [-0.4, -0.2) is 56.8 Å². The number of amides is 2. The van der Waals surface area contributed by atoms with Crippen molar-refractivity contribution in [3.8, 4) is 17.0 Å². The molecule has 0 aliphatic carbocycles. The number of aromatic nitrogens is 1. The third-order valence-corrected chi connectivity index (χ3v) is 7.00. The lowest BCUT2D eigenvalue weighted by atomic mass is 10.1. The van der Waals surface area contributed by atoms with Crippen molar-refractivity contribution in [1.82, 2.24) is 4.98 Å². The van der Waals surface area contributed by atoms with Crippen molar-refractivity contribution in [2.45, 2.75) is 6.42 Å². The van der Waals surface area contributed by atoms with Gasteiger partial charge in [0.25, 0.3) is 0 Å². The minimum absolute atomic E-state index is 0.0837. The molecule has 2 saturated heterocycles. The smallest absolute Gasteiger partial charge is 0.229 e. The quantitative estimate of drug-likeness (QED) is 0.582. The van der Waals surface area contributed by atoms with E-state index in [2.05, 4.69) is 15.6 Å². The maximum atomic E-state index is 12.9. The van der Waals surface area contributed by atoms with E-state index in [4.69, 9.17) is 14.5 Å². The molecule has 1 aromatic heterocycles. The topological polar surface area (TPSA) is 84.0 Å². The Morgan fingerprint density at radius 3 is 2.68 bits per heavy atom. The highest BCUT2D eigenvalue weighted by atomic mass is 32.1. The summed E-state index contributed by atoms with van der Waals surface area (Å²) >= 11 is 1.63. The van der Waals surface area contributed by atoms with Crippen LogP contribution in [0.5, 0.6) is 5.75 Å². The molecule has 176 valence electrons. The summed E-state index contributed by atoms with van der Waals surface area (Å²) in [6, 6.07) is 15.0. The molecule has 1 N–H and O–H groups in total. The molecular weight excluding hydrogens is 452 g/mol. The van der Waals surface area contributed by atoms with Gasteiger partial charge in [-0.15, -0.1) is 11.3 Å². The lowest BCUT2D eigenvalue weighted by Crippen LogP contribution is -2.36. The summed E-state index contributed by atoms with van der Waals surface area (Å²) in [5.41, 5.74) is 3.29. The van der Waals surface area contributed by atoms with E-state index in [0.717, 1.165) is 42.7 Å². The number of carbonyl (C=O) groups excluding carboxylic acids is 2. The van der Waals surface area contributed by atoms with Gasteiger partial charge in [-0.3, -0.25) is 9.59 Å². The van der Waals surface area contributed by atoms with Gasteiger partial charge in [0.2, 0.25) is 11.8 Å². The average molecular weight is 479 g/mol. The van der Waals surface area contributed by atoms with Gasteiger partial charge >= 0.3 is 0 Å². The number of para-hydroxylation sites is 2. The molecule has 2 aliphatic heterocycles. The summed E-state index contributed by atoms with van der Waals surface area (Å²) in [7, 11) is 1.57. The van der Waals surface area contributed by atoms with Crippen LogP contribution < -0.4 is 19.9 Å². The number of thiazole rings is 1. The Labute approximate surface area is 202 Å². The van der Waals surface area contributed by atoms with Crippen LogP contribution in [0.4, 0.5) is 16.5 Å². The zero-order chi connectivity index (χ0) is 23.5. The highest BCUT2D eigenvalue weighted by Crippen LogP contribution is 2.33. The highest BCUT2D eigenvalue weighted by Gasteiger charge is 2.36. The SMILES string of the molecule is COc1ccccc1N1CC(C(=O)Nc2ccc(-c3csc(N4CCOCC4)n3)cc2)CC1=O. The minimum Gasteiger partial charge on any atom is -0.495 e. The lowest BCUT2D eigenvalue weighted by Gasteiger charge is -2.26. The zero-order valence-electron chi connectivity index (χ0n) is 18.9. The van der Waals surface area contributed by atoms with E-state index in [9.17, 15) is 9.59 Å². The van der Waals surface area contributed by atoms with E-state index >= 15 is 0 Å². The summed E-state index contributed by atoms with van der Waals surface area (Å²) < 4.78 is 10.8. The second-order valence-corrected chi connectivity index (χ2v) is 9.10. The van der Waals surface area contributed by atoms with Crippen LogP contribution in [0.1, 0.15) is 6.42 Å². The molecular formula is C25H26N4O4S. The Bertz CT molecular complexity index is 1170. The van der Waals surface area contributed by atoms with Gasteiger partial charge < -0.3 is 24.6 Å². The number of nitrogens with zero attached hydrogens (tertiary/aromatic N) is 3. The number of anilines is 3. The largest absolute Gasteiger partial charge is 0.495 e. The first-order valence-corrected chi connectivity index (χ1v) is 12.1. The van der Waals surface area contributed by atoms with Gasteiger partial charge in [0.05, 0.1) is 37.6 Å². The van der Waals surface area contributed by atoms with Crippen LogP contribution in [0, 0.1) is 5.92 Å². The molecule has 2 amide bonds. The number of nitrogens with one attached hydrogen (secondary N) is 1. The maximum Gasteiger partial charge on any atom is 0.229 e. The van der Waals surface area contributed by atoms with Crippen LogP contribution in [0.3, 0.4) is 0 Å². The summed E-state index contributed by atoms with van der Waals surface area (Å²) in [5, 5.41) is 6.00. The molecule has 2 fully saturated rings. The van der Waals surface area contributed by atoms with Crippen LogP contribution in [0.25, 0.3) is 11.3 Å². The van der Waals surface area contributed by atoms with E-state index in [1.165, 1.54) is 0 Å². The number of hydrogen-bond donors (Lipinski definition) is 1. The van der Waals surface area contributed by atoms with E-state index in [1.807, 2.05) is 48.5 Å². The first-order valence-electron chi connectivity index (χ1n) is 11.3. The third kappa shape index (κ3) is 4.62. The molecule has 5 rings (SSSR count). The summed E-state index contributed by atoms with van der Waals surface area (Å²) in [6.45, 7) is 3.50. The molecule has 1 unspecified atom stereocenters. The number of hydrogen-bond acceptors (Lipinski definition) is 7. The third-order valence-electron chi connectivity index (χ3n) is 6.09. The van der Waals surface area contributed by atoms with Gasteiger partial charge in [0, 0.05) is 42.7 Å². The van der Waals surface area contributed by atoms with Gasteiger partial charge in [-0.1, -0.05) is 24.3 Å². The molecule has 0 bridgehead atoms. The normalized spacial score (nSPS) is 18.3. The lowest BCUT2D eigenvalue weighted by molar-refractivity contribution is -0.122. The fourth-order valence-corrected chi connectivity index (χ4v) is 5.12.